The highest BCUT2D eigenvalue weighted by atomic mass is 15.1. The minimum absolute atomic E-state index is 0.725. The van der Waals surface area contributed by atoms with E-state index >= 15 is 0 Å². The molecule has 0 atom stereocenters. The van der Waals surface area contributed by atoms with Crippen molar-refractivity contribution in [1.29, 1.82) is 0 Å². The third-order valence-electron chi connectivity index (χ3n) is 4.56. The second-order valence-electron chi connectivity index (χ2n) is 5.90. The van der Waals surface area contributed by atoms with Gasteiger partial charge in [0, 0.05) is 18.3 Å². The molecule has 0 unspecified atom stereocenters. The summed E-state index contributed by atoms with van der Waals surface area (Å²) >= 11 is 0. The van der Waals surface area contributed by atoms with Gasteiger partial charge in [0.25, 0.3) is 0 Å². The second-order valence-corrected chi connectivity index (χ2v) is 5.90. The maximum atomic E-state index is 4.52. The summed E-state index contributed by atoms with van der Waals surface area (Å²) in [6.45, 7) is 0.969. The molecule has 0 radical (unpaired) electrons. The molecule has 1 fully saturated rings. The fourth-order valence-electron chi connectivity index (χ4n) is 3.42. The topological polar surface area (TPSA) is 40.7 Å². The third-order valence-corrected chi connectivity index (χ3v) is 4.56. The summed E-state index contributed by atoms with van der Waals surface area (Å²) < 4.78 is 0. The molecule has 1 aromatic rings. The normalized spacial score (nSPS) is 21.6. The standard InChI is InChI=1S/C15H25N3/c1-2-4-8-12(7-3-1)16-11-15-13-9-5-6-10-14(13)17-18-15/h12,16H,1-11H2,(H,17,18). The largest absolute Gasteiger partial charge is 0.308 e. The van der Waals surface area contributed by atoms with E-state index in [1.165, 1.54) is 81.2 Å². The predicted octanol–water partition coefficient (Wildman–Crippen LogP) is 3.10. The first kappa shape index (κ1) is 12.2. The zero-order valence-corrected chi connectivity index (χ0v) is 11.3. The number of aromatic nitrogens is 2. The van der Waals surface area contributed by atoms with Gasteiger partial charge in [-0.05, 0) is 44.1 Å². The molecule has 0 aliphatic heterocycles. The molecule has 0 saturated heterocycles. The first-order valence-corrected chi connectivity index (χ1v) is 7.72. The van der Waals surface area contributed by atoms with Gasteiger partial charge in [-0.25, -0.2) is 0 Å². The van der Waals surface area contributed by atoms with Crippen LogP contribution in [0.1, 0.15) is 68.3 Å². The number of H-pyrrole nitrogens is 1. The van der Waals surface area contributed by atoms with Crippen molar-refractivity contribution in [3.8, 4) is 0 Å². The van der Waals surface area contributed by atoms with Crippen LogP contribution < -0.4 is 5.32 Å². The van der Waals surface area contributed by atoms with E-state index in [1.54, 1.807) is 0 Å². The Hall–Kier alpha value is -0.830. The number of nitrogens with zero attached hydrogens (tertiary/aromatic N) is 1. The number of aromatic amines is 1. The molecule has 100 valence electrons. The van der Waals surface area contributed by atoms with Crippen molar-refractivity contribution >= 4 is 0 Å². The Morgan fingerprint density at radius 1 is 1.00 bits per heavy atom. The maximum absolute atomic E-state index is 4.52. The number of aryl methyl sites for hydroxylation is 1. The Labute approximate surface area is 110 Å². The van der Waals surface area contributed by atoms with Gasteiger partial charge in [0.15, 0.2) is 0 Å². The van der Waals surface area contributed by atoms with Crippen molar-refractivity contribution < 1.29 is 0 Å². The van der Waals surface area contributed by atoms with Gasteiger partial charge in [-0.3, -0.25) is 5.10 Å². The average molecular weight is 247 g/mol. The molecule has 2 aliphatic rings. The van der Waals surface area contributed by atoms with Gasteiger partial charge in [0.05, 0.1) is 5.69 Å². The summed E-state index contributed by atoms with van der Waals surface area (Å²) in [5, 5.41) is 11.5. The van der Waals surface area contributed by atoms with Crippen molar-refractivity contribution in [1.82, 2.24) is 15.5 Å². The number of rotatable bonds is 3. The molecule has 3 rings (SSSR count). The average Bonchev–Trinajstić information content (AvgIpc) is 2.64. The molecular weight excluding hydrogens is 222 g/mol. The zero-order valence-electron chi connectivity index (χ0n) is 11.3. The Morgan fingerprint density at radius 2 is 1.78 bits per heavy atom. The van der Waals surface area contributed by atoms with Crippen LogP contribution in [0.4, 0.5) is 0 Å². The number of hydrogen-bond acceptors (Lipinski definition) is 2. The van der Waals surface area contributed by atoms with Crippen LogP contribution in [0.25, 0.3) is 0 Å². The molecule has 0 aromatic carbocycles. The number of fused-ring (bicyclic) bond motifs is 1. The smallest absolute Gasteiger partial charge is 0.0794 e. The maximum Gasteiger partial charge on any atom is 0.0794 e. The van der Waals surface area contributed by atoms with Gasteiger partial charge in [0.1, 0.15) is 0 Å². The van der Waals surface area contributed by atoms with Crippen LogP contribution in [0.2, 0.25) is 0 Å². The molecule has 18 heavy (non-hydrogen) atoms. The molecule has 3 heteroatoms. The molecule has 3 nitrogen and oxygen atoms in total. The lowest BCUT2D eigenvalue weighted by atomic mass is 9.96. The van der Waals surface area contributed by atoms with E-state index in [0.29, 0.717) is 0 Å². The summed E-state index contributed by atoms with van der Waals surface area (Å²) in [5.41, 5.74) is 4.20. The highest BCUT2D eigenvalue weighted by Gasteiger charge is 2.18. The minimum atomic E-state index is 0.725. The third kappa shape index (κ3) is 2.77. The highest BCUT2D eigenvalue weighted by Crippen LogP contribution is 2.23. The zero-order chi connectivity index (χ0) is 12.2. The van der Waals surface area contributed by atoms with Crippen LogP contribution in [0.15, 0.2) is 0 Å². The van der Waals surface area contributed by atoms with E-state index < -0.39 is 0 Å². The highest BCUT2D eigenvalue weighted by molar-refractivity contribution is 5.27. The molecule has 2 N–H and O–H groups in total. The van der Waals surface area contributed by atoms with E-state index in [9.17, 15) is 0 Å². The molecule has 1 heterocycles. The Bertz CT molecular complexity index is 375. The molecule has 0 bridgehead atoms. The molecule has 0 spiro atoms. The van der Waals surface area contributed by atoms with E-state index in [1.807, 2.05) is 0 Å². The van der Waals surface area contributed by atoms with Gasteiger partial charge in [0.2, 0.25) is 0 Å². The minimum Gasteiger partial charge on any atom is -0.308 e. The van der Waals surface area contributed by atoms with Crippen LogP contribution >= 0.6 is 0 Å². The Balaban J connectivity index is 1.57. The fraction of sp³-hybridized carbons (Fsp3) is 0.800. The van der Waals surface area contributed by atoms with E-state index in [2.05, 4.69) is 15.5 Å². The van der Waals surface area contributed by atoms with Gasteiger partial charge >= 0.3 is 0 Å². The van der Waals surface area contributed by atoms with Gasteiger partial charge in [-0.1, -0.05) is 25.7 Å². The number of hydrogen-bond donors (Lipinski definition) is 2. The molecule has 1 saturated carbocycles. The van der Waals surface area contributed by atoms with Crippen molar-refractivity contribution in [3.05, 3.63) is 17.0 Å². The van der Waals surface area contributed by atoms with Crippen LogP contribution in [0.5, 0.6) is 0 Å². The Morgan fingerprint density at radius 3 is 2.61 bits per heavy atom. The van der Waals surface area contributed by atoms with Crippen molar-refractivity contribution in [2.75, 3.05) is 0 Å². The van der Waals surface area contributed by atoms with Gasteiger partial charge in [-0.15, -0.1) is 0 Å². The summed E-state index contributed by atoms with van der Waals surface area (Å²) in [4.78, 5) is 0. The molecule has 1 aromatic heterocycles. The monoisotopic (exact) mass is 247 g/mol. The fourth-order valence-corrected chi connectivity index (χ4v) is 3.42. The van der Waals surface area contributed by atoms with Crippen molar-refractivity contribution in [2.45, 2.75) is 76.8 Å². The van der Waals surface area contributed by atoms with Gasteiger partial charge in [-0.2, -0.15) is 5.10 Å². The Kier molecular flexibility index (Phi) is 3.99. The first-order valence-electron chi connectivity index (χ1n) is 7.72. The molecule has 0 amide bonds. The van der Waals surface area contributed by atoms with Crippen molar-refractivity contribution in [2.24, 2.45) is 0 Å². The summed E-state index contributed by atoms with van der Waals surface area (Å²) in [6, 6.07) is 0.725. The van der Waals surface area contributed by atoms with E-state index in [4.69, 9.17) is 0 Å². The van der Waals surface area contributed by atoms with Crippen molar-refractivity contribution in [3.63, 3.8) is 0 Å². The van der Waals surface area contributed by atoms with E-state index in [-0.39, 0.29) is 0 Å². The summed E-state index contributed by atoms with van der Waals surface area (Å²) in [6.07, 6.45) is 13.4. The molecular formula is C15H25N3. The summed E-state index contributed by atoms with van der Waals surface area (Å²) in [7, 11) is 0. The first-order chi connectivity index (χ1) is 8.93. The van der Waals surface area contributed by atoms with Gasteiger partial charge < -0.3 is 5.32 Å². The lowest BCUT2D eigenvalue weighted by molar-refractivity contribution is 0.455. The second kappa shape index (κ2) is 5.87. The lowest BCUT2D eigenvalue weighted by Crippen LogP contribution is -2.28. The number of nitrogens with one attached hydrogen (secondary N) is 2. The van der Waals surface area contributed by atoms with E-state index in [0.717, 1.165) is 12.6 Å². The van der Waals surface area contributed by atoms with Crippen LogP contribution in [-0.4, -0.2) is 16.2 Å². The predicted molar refractivity (Wildman–Crippen MR) is 73.6 cm³/mol. The van der Waals surface area contributed by atoms with Crippen LogP contribution in [0, 0.1) is 0 Å². The molecule has 2 aliphatic carbocycles. The quantitative estimate of drug-likeness (QED) is 0.806. The van der Waals surface area contributed by atoms with Crippen LogP contribution in [-0.2, 0) is 19.4 Å². The SMILES string of the molecule is C1CCCC(NCc2n[nH]c3c2CCCC3)CC1. The lowest BCUT2D eigenvalue weighted by Gasteiger charge is -2.16. The van der Waals surface area contributed by atoms with Crippen LogP contribution in [0.3, 0.4) is 0 Å². The summed E-state index contributed by atoms with van der Waals surface area (Å²) in [5.74, 6) is 0.